The molecule has 0 spiro atoms. The predicted molar refractivity (Wildman–Crippen MR) is 75.3 cm³/mol. The van der Waals surface area contributed by atoms with E-state index < -0.39 is 9.84 Å². The van der Waals surface area contributed by atoms with Gasteiger partial charge in [0, 0.05) is 44.7 Å². The van der Waals surface area contributed by atoms with E-state index in [-0.39, 0.29) is 6.61 Å². The van der Waals surface area contributed by atoms with Crippen molar-refractivity contribution < 1.29 is 13.5 Å². The summed E-state index contributed by atoms with van der Waals surface area (Å²) in [6.45, 7) is 4.38. The summed E-state index contributed by atoms with van der Waals surface area (Å²) in [5, 5.41) is 8.91. The van der Waals surface area contributed by atoms with Crippen molar-refractivity contribution in [3.63, 3.8) is 0 Å². The van der Waals surface area contributed by atoms with Crippen molar-refractivity contribution in [2.24, 2.45) is 0 Å². The van der Waals surface area contributed by atoms with Gasteiger partial charge in [0.25, 0.3) is 0 Å². The minimum atomic E-state index is -3.15. The molecule has 0 amide bonds. The molecule has 0 bridgehead atoms. The van der Waals surface area contributed by atoms with Crippen LogP contribution in [-0.4, -0.2) is 64.0 Å². The van der Waals surface area contributed by atoms with Crippen LogP contribution in [0, 0.1) is 0 Å². The fraction of sp³-hybridized carbons (Fsp3) is 0.538. The fourth-order valence-electron chi connectivity index (χ4n) is 2.28. The molecule has 0 radical (unpaired) electrons. The van der Waals surface area contributed by atoms with E-state index in [1.54, 1.807) is 18.2 Å². The molecule has 2 rings (SSSR count). The zero-order valence-electron chi connectivity index (χ0n) is 11.1. The van der Waals surface area contributed by atoms with Gasteiger partial charge in [-0.3, -0.25) is 4.90 Å². The molecule has 1 heterocycles. The highest BCUT2D eigenvalue weighted by Crippen LogP contribution is 2.20. The van der Waals surface area contributed by atoms with Gasteiger partial charge in [0.1, 0.15) is 0 Å². The third kappa shape index (κ3) is 3.68. The largest absolute Gasteiger partial charge is 0.395 e. The molecule has 0 unspecified atom stereocenters. The minimum Gasteiger partial charge on any atom is -0.395 e. The molecule has 5 nitrogen and oxygen atoms in total. The van der Waals surface area contributed by atoms with Crippen molar-refractivity contribution in [3.05, 3.63) is 24.3 Å². The van der Waals surface area contributed by atoms with Crippen molar-refractivity contribution in [1.29, 1.82) is 0 Å². The Morgan fingerprint density at radius 3 is 2.47 bits per heavy atom. The van der Waals surface area contributed by atoms with Crippen LogP contribution in [0.5, 0.6) is 0 Å². The van der Waals surface area contributed by atoms with Gasteiger partial charge in [-0.2, -0.15) is 0 Å². The minimum absolute atomic E-state index is 0.184. The van der Waals surface area contributed by atoms with E-state index in [4.69, 9.17) is 5.11 Å². The number of nitrogens with zero attached hydrogens (tertiary/aromatic N) is 2. The highest BCUT2D eigenvalue weighted by Gasteiger charge is 2.17. The van der Waals surface area contributed by atoms with E-state index in [2.05, 4.69) is 9.80 Å². The first-order valence-corrected chi connectivity index (χ1v) is 8.28. The van der Waals surface area contributed by atoms with Crippen LogP contribution in [0.15, 0.2) is 29.2 Å². The molecule has 1 N–H and O–H groups in total. The van der Waals surface area contributed by atoms with Crippen molar-refractivity contribution in [2.45, 2.75) is 4.90 Å². The van der Waals surface area contributed by atoms with Crippen LogP contribution >= 0.6 is 0 Å². The third-order valence-corrected chi connectivity index (χ3v) is 4.51. The molecule has 0 aromatic heterocycles. The van der Waals surface area contributed by atoms with Gasteiger partial charge in [0.05, 0.1) is 11.5 Å². The van der Waals surface area contributed by atoms with Crippen LogP contribution in [0.1, 0.15) is 0 Å². The molecule has 1 aliphatic rings. The SMILES string of the molecule is CS(=O)(=O)c1cccc(N2CCN(CCO)CC2)c1. The molecule has 19 heavy (non-hydrogen) atoms. The van der Waals surface area contributed by atoms with Crippen molar-refractivity contribution in [2.75, 3.05) is 50.5 Å². The van der Waals surface area contributed by atoms with Crippen LogP contribution in [0.4, 0.5) is 5.69 Å². The molecule has 0 saturated carbocycles. The average molecular weight is 284 g/mol. The lowest BCUT2D eigenvalue weighted by Crippen LogP contribution is -2.47. The van der Waals surface area contributed by atoms with Crippen molar-refractivity contribution >= 4 is 15.5 Å². The van der Waals surface area contributed by atoms with Gasteiger partial charge < -0.3 is 10.0 Å². The maximum absolute atomic E-state index is 11.6. The normalized spacial score (nSPS) is 17.7. The summed E-state index contributed by atoms with van der Waals surface area (Å²) in [6, 6.07) is 7.08. The Balaban J connectivity index is 2.08. The smallest absolute Gasteiger partial charge is 0.175 e. The Morgan fingerprint density at radius 2 is 1.89 bits per heavy atom. The zero-order chi connectivity index (χ0) is 13.9. The van der Waals surface area contributed by atoms with E-state index >= 15 is 0 Å². The van der Waals surface area contributed by atoms with E-state index in [0.29, 0.717) is 11.4 Å². The van der Waals surface area contributed by atoms with Crippen LogP contribution in [0.3, 0.4) is 0 Å². The van der Waals surface area contributed by atoms with Crippen LogP contribution < -0.4 is 4.90 Å². The number of aliphatic hydroxyl groups is 1. The van der Waals surface area contributed by atoms with Crippen LogP contribution in [0.25, 0.3) is 0 Å². The van der Waals surface area contributed by atoms with Gasteiger partial charge in [-0.25, -0.2) is 8.42 Å². The van der Waals surface area contributed by atoms with Gasteiger partial charge in [-0.05, 0) is 18.2 Å². The molecule has 1 aromatic carbocycles. The molecule has 106 valence electrons. The van der Waals surface area contributed by atoms with Crippen LogP contribution in [0.2, 0.25) is 0 Å². The quantitative estimate of drug-likeness (QED) is 0.856. The molecule has 0 atom stereocenters. The van der Waals surface area contributed by atoms with E-state index in [0.717, 1.165) is 31.9 Å². The second-order valence-corrected chi connectivity index (χ2v) is 6.84. The predicted octanol–water partition coefficient (Wildman–Crippen LogP) is 0.204. The van der Waals surface area contributed by atoms with E-state index in [1.807, 2.05) is 6.07 Å². The van der Waals surface area contributed by atoms with Gasteiger partial charge in [0.2, 0.25) is 0 Å². The van der Waals surface area contributed by atoms with Gasteiger partial charge in [-0.1, -0.05) is 6.07 Å². The highest BCUT2D eigenvalue weighted by atomic mass is 32.2. The van der Waals surface area contributed by atoms with Crippen molar-refractivity contribution in [3.8, 4) is 0 Å². The van der Waals surface area contributed by atoms with Crippen molar-refractivity contribution in [1.82, 2.24) is 4.90 Å². The summed E-state index contributed by atoms with van der Waals surface area (Å²) in [5.74, 6) is 0. The summed E-state index contributed by atoms with van der Waals surface area (Å²) < 4.78 is 23.1. The van der Waals surface area contributed by atoms with Crippen LogP contribution in [-0.2, 0) is 9.84 Å². The third-order valence-electron chi connectivity index (χ3n) is 3.40. The van der Waals surface area contributed by atoms with E-state index in [1.165, 1.54) is 6.26 Å². The lowest BCUT2D eigenvalue weighted by atomic mass is 10.2. The first kappa shape index (κ1) is 14.3. The molecular weight excluding hydrogens is 264 g/mol. The Labute approximate surface area is 114 Å². The van der Waals surface area contributed by atoms with Gasteiger partial charge in [-0.15, -0.1) is 0 Å². The molecule has 1 aliphatic heterocycles. The Bertz CT molecular complexity index is 522. The lowest BCUT2D eigenvalue weighted by Gasteiger charge is -2.35. The Kier molecular flexibility index (Phi) is 4.44. The zero-order valence-corrected chi connectivity index (χ0v) is 11.9. The summed E-state index contributed by atoms with van der Waals surface area (Å²) >= 11 is 0. The number of piperazine rings is 1. The summed E-state index contributed by atoms with van der Waals surface area (Å²) in [7, 11) is -3.15. The molecule has 0 aliphatic carbocycles. The second kappa shape index (κ2) is 5.90. The lowest BCUT2D eigenvalue weighted by molar-refractivity contribution is 0.189. The summed E-state index contributed by atoms with van der Waals surface area (Å²) in [4.78, 5) is 4.75. The molecule has 6 heteroatoms. The average Bonchev–Trinajstić information content (AvgIpc) is 2.39. The fourth-order valence-corrected chi connectivity index (χ4v) is 2.94. The molecule has 1 aromatic rings. The number of β-amino-alcohol motifs (C(OH)–C–C–N with tert-alkyl or cyclic N) is 1. The number of rotatable bonds is 4. The Morgan fingerprint density at radius 1 is 1.21 bits per heavy atom. The van der Waals surface area contributed by atoms with Gasteiger partial charge in [0.15, 0.2) is 9.84 Å². The number of hydrogen-bond donors (Lipinski definition) is 1. The number of hydrogen-bond acceptors (Lipinski definition) is 5. The first-order chi connectivity index (χ1) is 9.00. The standard InChI is InChI=1S/C13H20N2O3S/c1-19(17,18)13-4-2-3-12(11-13)15-7-5-14(6-8-15)9-10-16/h2-4,11,16H,5-10H2,1H3. The molecule has 1 saturated heterocycles. The number of sulfone groups is 1. The summed E-state index contributed by atoms with van der Waals surface area (Å²) in [6.07, 6.45) is 1.23. The van der Waals surface area contributed by atoms with E-state index in [9.17, 15) is 8.42 Å². The Hall–Kier alpha value is -1.11. The molecule has 1 fully saturated rings. The maximum atomic E-state index is 11.6. The topological polar surface area (TPSA) is 60.9 Å². The second-order valence-electron chi connectivity index (χ2n) is 4.82. The molecular formula is C13H20N2O3S. The first-order valence-electron chi connectivity index (χ1n) is 6.39. The summed E-state index contributed by atoms with van der Waals surface area (Å²) in [5.41, 5.74) is 0.951. The highest BCUT2D eigenvalue weighted by molar-refractivity contribution is 7.90. The monoisotopic (exact) mass is 284 g/mol. The number of benzene rings is 1. The number of aliphatic hydroxyl groups excluding tert-OH is 1. The maximum Gasteiger partial charge on any atom is 0.175 e. The van der Waals surface area contributed by atoms with Gasteiger partial charge >= 0.3 is 0 Å². The number of anilines is 1.